The summed E-state index contributed by atoms with van der Waals surface area (Å²) in [5.41, 5.74) is 5.99. The van der Waals surface area contributed by atoms with Crippen molar-refractivity contribution >= 4 is 11.9 Å². The van der Waals surface area contributed by atoms with Crippen LogP contribution < -0.4 is 11.1 Å². The van der Waals surface area contributed by atoms with E-state index in [2.05, 4.69) is 10.2 Å². The number of amides is 1. The maximum absolute atomic E-state index is 11.9. The van der Waals surface area contributed by atoms with E-state index in [0.717, 1.165) is 19.4 Å². The molecule has 0 radical (unpaired) electrons. The molecule has 0 aromatic heterocycles. The average molecular weight is 299 g/mol. The van der Waals surface area contributed by atoms with E-state index in [1.807, 2.05) is 6.92 Å². The molecule has 0 spiro atoms. The van der Waals surface area contributed by atoms with E-state index >= 15 is 0 Å². The second-order valence-corrected chi connectivity index (χ2v) is 5.65. The van der Waals surface area contributed by atoms with Crippen molar-refractivity contribution in [2.75, 3.05) is 26.2 Å². The summed E-state index contributed by atoms with van der Waals surface area (Å²) in [7, 11) is 0. The number of nitrogens with zero attached hydrogens (tertiary/aromatic N) is 1. The van der Waals surface area contributed by atoms with Crippen LogP contribution in [-0.2, 0) is 14.3 Å². The van der Waals surface area contributed by atoms with E-state index in [-0.39, 0.29) is 17.9 Å². The zero-order chi connectivity index (χ0) is 15.7. The molecule has 2 atom stereocenters. The van der Waals surface area contributed by atoms with Crippen LogP contribution in [0.5, 0.6) is 0 Å². The number of nitrogens with two attached hydrogens (primary N) is 1. The van der Waals surface area contributed by atoms with Gasteiger partial charge in [0.25, 0.3) is 0 Å². The number of hydrogen-bond donors (Lipinski definition) is 2. The zero-order valence-corrected chi connectivity index (χ0v) is 13.3. The van der Waals surface area contributed by atoms with Crippen LogP contribution in [0, 0.1) is 0 Å². The van der Waals surface area contributed by atoms with Gasteiger partial charge in [0.1, 0.15) is 0 Å². The molecular formula is C15H29N3O3. The van der Waals surface area contributed by atoms with Gasteiger partial charge in [-0.25, -0.2) is 0 Å². The zero-order valence-electron chi connectivity index (χ0n) is 13.3. The van der Waals surface area contributed by atoms with E-state index in [0.29, 0.717) is 38.6 Å². The van der Waals surface area contributed by atoms with Gasteiger partial charge in [-0.05, 0) is 39.7 Å². The fourth-order valence-electron chi connectivity index (χ4n) is 2.74. The first-order valence-corrected chi connectivity index (χ1v) is 7.96. The van der Waals surface area contributed by atoms with Gasteiger partial charge in [0.15, 0.2) is 0 Å². The molecule has 1 saturated heterocycles. The summed E-state index contributed by atoms with van der Waals surface area (Å²) in [6.45, 7) is 6.02. The molecule has 1 aliphatic heterocycles. The number of likely N-dealkylation sites (tertiary alicyclic amines) is 1. The van der Waals surface area contributed by atoms with Gasteiger partial charge in [-0.15, -0.1) is 0 Å². The van der Waals surface area contributed by atoms with Crippen molar-refractivity contribution in [3.63, 3.8) is 0 Å². The van der Waals surface area contributed by atoms with Crippen molar-refractivity contribution in [1.82, 2.24) is 10.2 Å². The molecule has 1 amide bonds. The number of nitrogens with one attached hydrogen (secondary N) is 1. The first kappa shape index (κ1) is 17.9. The molecule has 122 valence electrons. The predicted molar refractivity (Wildman–Crippen MR) is 81.7 cm³/mol. The minimum atomic E-state index is -0.209. The smallest absolute Gasteiger partial charge is 0.305 e. The third kappa shape index (κ3) is 6.91. The number of esters is 1. The minimum absolute atomic E-state index is 0.00593. The van der Waals surface area contributed by atoms with Crippen LogP contribution in [-0.4, -0.2) is 55.1 Å². The second kappa shape index (κ2) is 9.73. The van der Waals surface area contributed by atoms with Crippen molar-refractivity contribution in [2.45, 2.75) is 58.0 Å². The van der Waals surface area contributed by atoms with Crippen LogP contribution in [0.3, 0.4) is 0 Å². The average Bonchev–Trinajstić information content (AvgIpc) is 2.44. The fraction of sp³-hybridized carbons (Fsp3) is 0.867. The highest BCUT2D eigenvalue weighted by Crippen LogP contribution is 2.18. The maximum Gasteiger partial charge on any atom is 0.305 e. The summed E-state index contributed by atoms with van der Waals surface area (Å²) in [6.07, 6.45) is 4.33. The summed E-state index contributed by atoms with van der Waals surface area (Å²) >= 11 is 0. The Bertz CT molecular complexity index is 334. The van der Waals surface area contributed by atoms with Crippen LogP contribution in [0.25, 0.3) is 0 Å². The lowest BCUT2D eigenvalue weighted by atomic mass is 9.97. The standard InChI is InChI=1S/C15H29N3O3/c1-3-21-15(20)8-6-9-17-14(19)11-18-10-5-4-7-13(18)12(2)16/h12-13H,3-11,16H2,1-2H3,(H,17,19). The Labute approximate surface area is 127 Å². The topological polar surface area (TPSA) is 84.7 Å². The fourth-order valence-corrected chi connectivity index (χ4v) is 2.74. The van der Waals surface area contributed by atoms with Crippen LogP contribution >= 0.6 is 0 Å². The normalized spacial score (nSPS) is 20.8. The van der Waals surface area contributed by atoms with E-state index in [1.165, 1.54) is 6.42 Å². The Kier molecular flexibility index (Phi) is 8.30. The van der Waals surface area contributed by atoms with Gasteiger partial charge in [0.05, 0.1) is 13.2 Å². The number of ether oxygens (including phenoxy) is 1. The molecule has 6 heteroatoms. The molecule has 1 aliphatic rings. The molecule has 1 rings (SSSR count). The molecule has 0 bridgehead atoms. The number of carbonyl (C=O) groups is 2. The van der Waals surface area contributed by atoms with Gasteiger partial charge in [-0.2, -0.15) is 0 Å². The Morgan fingerprint density at radius 1 is 1.43 bits per heavy atom. The molecule has 6 nitrogen and oxygen atoms in total. The van der Waals surface area contributed by atoms with E-state index in [9.17, 15) is 9.59 Å². The Balaban J connectivity index is 2.21. The van der Waals surface area contributed by atoms with Crippen molar-refractivity contribution < 1.29 is 14.3 Å². The highest BCUT2D eigenvalue weighted by Gasteiger charge is 2.26. The van der Waals surface area contributed by atoms with Crippen molar-refractivity contribution in [1.29, 1.82) is 0 Å². The summed E-state index contributed by atoms with van der Waals surface area (Å²) in [5, 5.41) is 2.86. The third-order valence-electron chi connectivity index (χ3n) is 3.80. The highest BCUT2D eigenvalue weighted by atomic mass is 16.5. The van der Waals surface area contributed by atoms with Gasteiger partial charge in [-0.3, -0.25) is 14.5 Å². The number of hydrogen-bond acceptors (Lipinski definition) is 5. The van der Waals surface area contributed by atoms with Gasteiger partial charge >= 0.3 is 5.97 Å². The summed E-state index contributed by atoms with van der Waals surface area (Å²) in [5.74, 6) is -0.203. The van der Waals surface area contributed by atoms with E-state index in [1.54, 1.807) is 6.92 Å². The summed E-state index contributed by atoms with van der Waals surface area (Å²) in [6, 6.07) is 0.381. The second-order valence-electron chi connectivity index (χ2n) is 5.65. The molecule has 2 unspecified atom stereocenters. The monoisotopic (exact) mass is 299 g/mol. The van der Waals surface area contributed by atoms with Crippen LogP contribution in [0.15, 0.2) is 0 Å². The Morgan fingerprint density at radius 2 is 2.19 bits per heavy atom. The van der Waals surface area contributed by atoms with Crippen molar-refractivity contribution in [2.24, 2.45) is 5.73 Å². The largest absolute Gasteiger partial charge is 0.466 e. The molecule has 21 heavy (non-hydrogen) atoms. The van der Waals surface area contributed by atoms with E-state index < -0.39 is 0 Å². The lowest BCUT2D eigenvalue weighted by Gasteiger charge is -2.37. The number of rotatable bonds is 8. The van der Waals surface area contributed by atoms with Gasteiger partial charge in [0, 0.05) is 25.0 Å². The molecule has 3 N–H and O–H groups in total. The first-order chi connectivity index (χ1) is 10.0. The van der Waals surface area contributed by atoms with Crippen molar-refractivity contribution in [3.8, 4) is 0 Å². The molecule has 1 fully saturated rings. The van der Waals surface area contributed by atoms with Gasteiger partial charge < -0.3 is 15.8 Å². The molecule has 0 aliphatic carbocycles. The summed E-state index contributed by atoms with van der Waals surface area (Å²) < 4.78 is 4.84. The van der Waals surface area contributed by atoms with Crippen LogP contribution in [0.1, 0.15) is 46.0 Å². The lowest BCUT2D eigenvalue weighted by Crippen LogP contribution is -2.52. The van der Waals surface area contributed by atoms with Crippen molar-refractivity contribution in [3.05, 3.63) is 0 Å². The minimum Gasteiger partial charge on any atom is -0.466 e. The summed E-state index contributed by atoms with van der Waals surface area (Å²) in [4.78, 5) is 25.3. The number of carbonyl (C=O) groups excluding carboxylic acids is 2. The Morgan fingerprint density at radius 3 is 2.86 bits per heavy atom. The maximum atomic E-state index is 11.9. The molecule has 1 heterocycles. The highest BCUT2D eigenvalue weighted by molar-refractivity contribution is 5.78. The number of piperidine rings is 1. The molecule has 0 aromatic carbocycles. The van der Waals surface area contributed by atoms with E-state index in [4.69, 9.17) is 10.5 Å². The quantitative estimate of drug-likeness (QED) is 0.508. The Hall–Kier alpha value is -1.14. The molecule has 0 aromatic rings. The SMILES string of the molecule is CCOC(=O)CCCNC(=O)CN1CCCCC1C(C)N. The predicted octanol–water partition coefficient (Wildman–Crippen LogP) is 0.648. The first-order valence-electron chi connectivity index (χ1n) is 7.96. The molecular weight excluding hydrogens is 270 g/mol. The van der Waals surface area contributed by atoms with Crippen LogP contribution in [0.4, 0.5) is 0 Å². The molecule has 0 saturated carbocycles. The van der Waals surface area contributed by atoms with Gasteiger partial charge in [0.2, 0.25) is 5.91 Å². The third-order valence-corrected chi connectivity index (χ3v) is 3.80. The van der Waals surface area contributed by atoms with Crippen LogP contribution in [0.2, 0.25) is 0 Å². The van der Waals surface area contributed by atoms with Gasteiger partial charge in [-0.1, -0.05) is 6.42 Å². The lowest BCUT2D eigenvalue weighted by molar-refractivity contribution is -0.143.